The van der Waals surface area contributed by atoms with Crippen LogP contribution in [0.5, 0.6) is 0 Å². The molecule has 0 amide bonds. The molecule has 0 aromatic heterocycles. The topological polar surface area (TPSA) is 15.3 Å². The Balaban J connectivity index is 1.79. The van der Waals surface area contributed by atoms with Gasteiger partial charge in [0.05, 0.1) is 0 Å². The zero-order valence-electron chi connectivity index (χ0n) is 12.3. The lowest BCUT2D eigenvalue weighted by Crippen LogP contribution is -2.69. The molecular formula is C16H27ClN2. The van der Waals surface area contributed by atoms with Gasteiger partial charge >= 0.3 is 0 Å². The summed E-state index contributed by atoms with van der Waals surface area (Å²) < 4.78 is 0. The van der Waals surface area contributed by atoms with E-state index < -0.39 is 0 Å². The van der Waals surface area contributed by atoms with Crippen molar-refractivity contribution in [2.45, 2.75) is 63.5 Å². The quantitative estimate of drug-likeness (QED) is 0.852. The van der Waals surface area contributed by atoms with Crippen molar-refractivity contribution in [3.63, 3.8) is 0 Å². The summed E-state index contributed by atoms with van der Waals surface area (Å²) in [6, 6.07) is 0. The van der Waals surface area contributed by atoms with Crippen molar-refractivity contribution < 1.29 is 0 Å². The van der Waals surface area contributed by atoms with Crippen molar-refractivity contribution in [2.75, 3.05) is 19.6 Å². The normalized spacial score (nSPS) is 36.1. The lowest BCUT2D eigenvalue weighted by atomic mass is 9.83. The lowest BCUT2D eigenvalue weighted by molar-refractivity contribution is 0.0130. The maximum Gasteiger partial charge on any atom is 0.0338 e. The number of halogens is 1. The molecule has 1 spiro atoms. The van der Waals surface area contributed by atoms with Crippen molar-refractivity contribution in [1.29, 1.82) is 0 Å². The minimum atomic E-state index is 0.334. The van der Waals surface area contributed by atoms with Crippen molar-refractivity contribution in [3.8, 4) is 0 Å². The van der Waals surface area contributed by atoms with Gasteiger partial charge in [0, 0.05) is 36.2 Å². The van der Waals surface area contributed by atoms with E-state index in [0.717, 1.165) is 12.5 Å². The molecule has 2 aliphatic carbocycles. The number of rotatable bonds is 3. The van der Waals surface area contributed by atoms with E-state index >= 15 is 0 Å². The summed E-state index contributed by atoms with van der Waals surface area (Å²) in [5, 5.41) is 3.92. The molecule has 0 radical (unpaired) electrons. The van der Waals surface area contributed by atoms with E-state index in [1.165, 1.54) is 57.2 Å². The molecule has 0 aromatic rings. The highest BCUT2D eigenvalue weighted by molar-refractivity contribution is 6.25. The first-order chi connectivity index (χ1) is 9.08. The monoisotopic (exact) mass is 282 g/mol. The molecule has 1 atom stereocenters. The van der Waals surface area contributed by atoms with E-state index in [-0.39, 0.29) is 0 Å². The van der Waals surface area contributed by atoms with Gasteiger partial charge in [0.25, 0.3) is 0 Å². The molecule has 3 heteroatoms. The third kappa shape index (κ3) is 2.59. The second-order valence-electron chi connectivity index (χ2n) is 7.29. The van der Waals surface area contributed by atoms with Crippen LogP contribution in [0, 0.1) is 5.92 Å². The van der Waals surface area contributed by atoms with Crippen LogP contribution < -0.4 is 5.32 Å². The van der Waals surface area contributed by atoms with E-state index in [4.69, 9.17) is 11.6 Å². The molecule has 0 aromatic carbocycles. The fraction of sp³-hybridized carbons (Fsp3) is 0.875. The highest BCUT2D eigenvalue weighted by Gasteiger charge is 2.51. The Hall–Kier alpha value is -0.0500. The average molecular weight is 283 g/mol. The Morgan fingerprint density at radius 1 is 1.37 bits per heavy atom. The number of nitrogens with one attached hydrogen (secondary N) is 1. The molecule has 1 saturated heterocycles. The van der Waals surface area contributed by atoms with E-state index in [1.807, 2.05) is 0 Å². The first kappa shape index (κ1) is 13.9. The Morgan fingerprint density at radius 2 is 2.05 bits per heavy atom. The molecule has 2 nitrogen and oxygen atoms in total. The predicted octanol–water partition coefficient (Wildman–Crippen LogP) is 3.52. The predicted molar refractivity (Wildman–Crippen MR) is 81.5 cm³/mol. The SMILES string of the molecule is CC(=CCl)CN1CC(C)(C2CC2)NCC12CCCC2. The van der Waals surface area contributed by atoms with Crippen molar-refractivity contribution >= 4 is 11.6 Å². The van der Waals surface area contributed by atoms with Crippen LogP contribution in [0.2, 0.25) is 0 Å². The number of hydrogen-bond acceptors (Lipinski definition) is 2. The third-order valence-electron chi connectivity index (χ3n) is 5.65. The maximum absolute atomic E-state index is 5.91. The molecule has 19 heavy (non-hydrogen) atoms. The molecule has 3 fully saturated rings. The van der Waals surface area contributed by atoms with Gasteiger partial charge in [-0.05, 0) is 51.0 Å². The standard InChI is InChI=1S/C16H27ClN2/c1-13(9-17)10-19-12-15(2,14-5-6-14)18-11-16(19)7-3-4-8-16/h9,14,18H,3-8,10-12H2,1-2H3. The Bertz CT molecular complexity index is 369. The van der Waals surface area contributed by atoms with Gasteiger partial charge in [0.2, 0.25) is 0 Å². The average Bonchev–Trinajstić information content (AvgIpc) is 3.16. The fourth-order valence-corrected chi connectivity index (χ4v) is 4.25. The molecule has 3 rings (SSSR count). The highest BCUT2D eigenvalue weighted by atomic mass is 35.5. The zero-order valence-corrected chi connectivity index (χ0v) is 13.1. The maximum atomic E-state index is 5.91. The molecule has 3 aliphatic rings. The molecule has 2 saturated carbocycles. The minimum Gasteiger partial charge on any atom is -0.308 e. The van der Waals surface area contributed by atoms with Crippen molar-refractivity contribution in [3.05, 3.63) is 11.1 Å². The van der Waals surface area contributed by atoms with Crippen molar-refractivity contribution in [2.24, 2.45) is 5.92 Å². The van der Waals surface area contributed by atoms with Crippen LogP contribution in [-0.4, -0.2) is 35.6 Å². The van der Waals surface area contributed by atoms with Gasteiger partial charge in [-0.15, -0.1) is 0 Å². The summed E-state index contributed by atoms with van der Waals surface area (Å²) in [4.78, 5) is 2.75. The summed E-state index contributed by atoms with van der Waals surface area (Å²) in [6.45, 7) is 8.01. The smallest absolute Gasteiger partial charge is 0.0338 e. The first-order valence-electron chi connectivity index (χ1n) is 7.84. The lowest BCUT2D eigenvalue weighted by Gasteiger charge is -2.53. The largest absolute Gasteiger partial charge is 0.308 e. The molecule has 1 heterocycles. The molecule has 108 valence electrons. The van der Waals surface area contributed by atoms with Gasteiger partial charge in [-0.25, -0.2) is 0 Å². The second kappa shape index (κ2) is 5.05. The minimum absolute atomic E-state index is 0.334. The zero-order chi connectivity index (χ0) is 13.5. The van der Waals surface area contributed by atoms with E-state index in [0.29, 0.717) is 11.1 Å². The second-order valence-corrected chi connectivity index (χ2v) is 7.51. The van der Waals surface area contributed by atoms with Crippen LogP contribution in [0.3, 0.4) is 0 Å². The molecule has 1 unspecified atom stereocenters. The summed E-state index contributed by atoms with van der Waals surface area (Å²) in [5.74, 6) is 0.897. The number of piperazine rings is 1. The number of nitrogens with zero attached hydrogens (tertiary/aromatic N) is 1. The highest BCUT2D eigenvalue weighted by Crippen LogP contribution is 2.45. The molecule has 1 aliphatic heterocycles. The molecule has 0 bridgehead atoms. The van der Waals surface area contributed by atoms with E-state index in [9.17, 15) is 0 Å². The van der Waals surface area contributed by atoms with E-state index in [2.05, 4.69) is 24.1 Å². The van der Waals surface area contributed by atoms with Crippen molar-refractivity contribution in [1.82, 2.24) is 10.2 Å². The third-order valence-corrected chi connectivity index (χ3v) is 6.02. The number of hydrogen-bond donors (Lipinski definition) is 1. The van der Waals surface area contributed by atoms with Crippen LogP contribution in [0.1, 0.15) is 52.4 Å². The van der Waals surface area contributed by atoms with Crippen LogP contribution in [0.15, 0.2) is 11.1 Å². The summed E-state index contributed by atoms with van der Waals surface area (Å²) in [7, 11) is 0. The molecular weight excluding hydrogens is 256 g/mol. The summed E-state index contributed by atoms with van der Waals surface area (Å²) in [5.41, 5.74) is 3.81. The Kier molecular flexibility index (Phi) is 3.70. The van der Waals surface area contributed by atoms with Gasteiger partial charge < -0.3 is 5.32 Å². The molecule has 1 N–H and O–H groups in total. The van der Waals surface area contributed by atoms with Gasteiger partial charge in [-0.1, -0.05) is 24.4 Å². The van der Waals surface area contributed by atoms with Gasteiger partial charge in [-0.3, -0.25) is 4.90 Å². The van der Waals surface area contributed by atoms with Crippen LogP contribution in [0.4, 0.5) is 0 Å². The Morgan fingerprint density at radius 3 is 2.63 bits per heavy atom. The summed E-state index contributed by atoms with van der Waals surface area (Å²) in [6.07, 6.45) is 8.32. The first-order valence-corrected chi connectivity index (χ1v) is 8.28. The van der Waals surface area contributed by atoms with Gasteiger partial charge in [0.15, 0.2) is 0 Å². The van der Waals surface area contributed by atoms with Crippen LogP contribution in [-0.2, 0) is 0 Å². The van der Waals surface area contributed by atoms with Crippen LogP contribution in [0.25, 0.3) is 0 Å². The Labute approximate surface area is 122 Å². The van der Waals surface area contributed by atoms with E-state index in [1.54, 1.807) is 5.54 Å². The van der Waals surface area contributed by atoms with Gasteiger partial charge in [-0.2, -0.15) is 0 Å². The summed E-state index contributed by atoms with van der Waals surface area (Å²) >= 11 is 5.91. The van der Waals surface area contributed by atoms with Crippen LogP contribution >= 0.6 is 11.6 Å². The fourth-order valence-electron chi connectivity index (χ4n) is 4.18. The van der Waals surface area contributed by atoms with Gasteiger partial charge in [0.1, 0.15) is 0 Å².